The van der Waals surface area contributed by atoms with E-state index in [9.17, 15) is 4.79 Å². The van der Waals surface area contributed by atoms with Crippen molar-refractivity contribution in [2.45, 2.75) is 84.7 Å². The van der Waals surface area contributed by atoms with Gasteiger partial charge in [-0.15, -0.1) is 0 Å². The molecule has 0 aromatic carbocycles. The fourth-order valence-electron chi connectivity index (χ4n) is 4.83. The molecule has 2 unspecified atom stereocenters. The summed E-state index contributed by atoms with van der Waals surface area (Å²) in [5, 5.41) is 4.09. The zero-order valence-electron chi connectivity index (χ0n) is 21.9. The van der Waals surface area contributed by atoms with E-state index in [1.54, 1.807) is 6.08 Å². The van der Waals surface area contributed by atoms with Gasteiger partial charge in [-0.3, -0.25) is 9.52 Å². The quantitative estimate of drug-likeness (QED) is 0.518. The number of rotatable bonds is 2. The van der Waals surface area contributed by atoms with Gasteiger partial charge in [-0.2, -0.15) is 0 Å². The maximum atomic E-state index is 13.3. The molecule has 1 aromatic rings. The molecule has 34 heavy (non-hydrogen) atoms. The minimum atomic E-state index is -0.185. The number of aliphatic imine (C=N–C) groups is 1. The van der Waals surface area contributed by atoms with Crippen LogP contribution >= 0.6 is 11.9 Å². The molecule has 2 bridgehead atoms. The number of hydrogen-bond donors (Lipinski definition) is 2. The molecule has 2 atom stereocenters. The molecule has 0 aliphatic carbocycles. The zero-order valence-corrected chi connectivity index (χ0v) is 22.7. The molecule has 1 fully saturated rings. The van der Waals surface area contributed by atoms with Crippen LogP contribution in [-0.4, -0.2) is 34.1 Å². The van der Waals surface area contributed by atoms with Crippen LogP contribution in [0.25, 0.3) is 0 Å². The summed E-state index contributed by atoms with van der Waals surface area (Å²) in [4.78, 5) is 25.3. The van der Waals surface area contributed by atoms with Crippen LogP contribution in [0, 0.1) is 11.8 Å². The second-order valence-corrected chi connectivity index (χ2v) is 12.3. The number of anilines is 1. The third-order valence-electron chi connectivity index (χ3n) is 6.81. The van der Waals surface area contributed by atoms with Crippen molar-refractivity contribution in [1.82, 2.24) is 15.0 Å². The Morgan fingerprint density at radius 2 is 1.97 bits per heavy atom. The standard InChI is InChI=1S/C27H41N5OS/c1-10-23-29-18(4)28-21(17(2)3)13-11-19-15-27(8,9)32(16-19)24-20(25(33)31-34-23)12-14-22(30-24)26(5,6)7/h10,12,14,17,19,21,28H,1,4,11,13,15-16H2,2-3,5-9H3,(H,31,33)/b29-23+. The van der Waals surface area contributed by atoms with Gasteiger partial charge in [0.1, 0.15) is 16.7 Å². The molecule has 3 heterocycles. The highest BCUT2D eigenvalue weighted by Gasteiger charge is 2.41. The van der Waals surface area contributed by atoms with Gasteiger partial charge in [0.2, 0.25) is 0 Å². The first-order chi connectivity index (χ1) is 15.8. The number of nitrogens with zero attached hydrogens (tertiary/aromatic N) is 3. The Labute approximate surface area is 209 Å². The molecule has 1 amide bonds. The van der Waals surface area contributed by atoms with Gasteiger partial charge in [0, 0.05) is 41.2 Å². The molecule has 6 nitrogen and oxygen atoms in total. The lowest BCUT2D eigenvalue weighted by molar-refractivity contribution is 0.0984. The van der Waals surface area contributed by atoms with E-state index < -0.39 is 0 Å². The number of amides is 1. The Kier molecular flexibility index (Phi) is 7.85. The van der Waals surface area contributed by atoms with Gasteiger partial charge in [-0.05, 0) is 63.2 Å². The first-order valence-electron chi connectivity index (χ1n) is 12.2. The van der Waals surface area contributed by atoms with E-state index >= 15 is 0 Å². The summed E-state index contributed by atoms with van der Waals surface area (Å²) in [5.74, 6) is 2.15. The van der Waals surface area contributed by atoms with Gasteiger partial charge in [0.25, 0.3) is 5.91 Å². The number of fused-ring (bicyclic) bond motifs is 4. The van der Waals surface area contributed by atoms with Crippen molar-refractivity contribution < 1.29 is 4.79 Å². The van der Waals surface area contributed by atoms with Crippen LogP contribution in [0.5, 0.6) is 0 Å². The first-order valence-corrected chi connectivity index (χ1v) is 13.1. The topological polar surface area (TPSA) is 69.6 Å². The van der Waals surface area contributed by atoms with Crippen molar-refractivity contribution in [1.29, 1.82) is 0 Å². The maximum Gasteiger partial charge on any atom is 0.265 e. The second kappa shape index (κ2) is 10.1. The van der Waals surface area contributed by atoms with E-state index in [4.69, 9.17) is 4.98 Å². The van der Waals surface area contributed by atoms with Gasteiger partial charge in [-0.25, -0.2) is 9.98 Å². The summed E-state index contributed by atoms with van der Waals surface area (Å²) in [6.07, 6.45) is 4.83. The lowest BCUT2D eigenvalue weighted by atomic mass is 9.89. The Balaban J connectivity index is 2.07. The number of nitrogens with one attached hydrogen (secondary N) is 2. The Morgan fingerprint density at radius 3 is 2.59 bits per heavy atom. The molecule has 2 aliphatic rings. The van der Waals surface area contributed by atoms with Crippen molar-refractivity contribution in [2.75, 3.05) is 11.4 Å². The van der Waals surface area contributed by atoms with Crippen LogP contribution in [-0.2, 0) is 5.41 Å². The van der Waals surface area contributed by atoms with Gasteiger partial charge >= 0.3 is 0 Å². The number of carbonyl (C=O) groups excluding carboxylic acids is 1. The molecule has 2 N–H and O–H groups in total. The van der Waals surface area contributed by atoms with E-state index in [1.165, 1.54) is 0 Å². The molecule has 0 saturated carbocycles. The molecule has 1 saturated heterocycles. The molecule has 1 aromatic heterocycles. The highest BCUT2D eigenvalue weighted by molar-refractivity contribution is 8.13. The van der Waals surface area contributed by atoms with Crippen LogP contribution in [0.2, 0.25) is 0 Å². The lowest BCUT2D eigenvalue weighted by Crippen LogP contribution is -2.40. The number of pyridine rings is 1. The van der Waals surface area contributed by atoms with Crippen molar-refractivity contribution in [3.63, 3.8) is 0 Å². The van der Waals surface area contributed by atoms with Gasteiger partial charge in [0.05, 0.1) is 5.56 Å². The molecule has 7 heteroatoms. The van der Waals surface area contributed by atoms with E-state index in [2.05, 4.69) is 81.6 Å². The minimum absolute atomic E-state index is 0.0918. The fourth-order valence-corrected chi connectivity index (χ4v) is 5.38. The highest BCUT2D eigenvalue weighted by Crippen LogP contribution is 2.40. The minimum Gasteiger partial charge on any atom is -0.368 e. The summed E-state index contributed by atoms with van der Waals surface area (Å²) < 4.78 is 2.95. The average molecular weight is 484 g/mol. The van der Waals surface area contributed by atoms with Crippen molar-refractivity contribution in [3.8, 4) is 0 Å². The van der Waals surface area contributed by atoms with Crippen molar-refractivity contribution in [3.05, 3.63) is 48.4 Å². The fraction of sp³-hybridized carbons (Fsp3) is 0.593. The van der Waals surface area contributed by atoms with Crippen LogP contribution in [0.15, 0.2) is 42.2 Å². The third-order valence-corrected chi connectivity index (χ3v) is 7.57. The number of hydrogen-bond acceptors (Lipinski definition) is 6. The predicted molar refractivity (Wildman–Crippen MR) is 145 cm³/mol. The van der Waals surface area contributed by atoms with Crippen LogP contribution in [0.1, 0.15) is 83.8 Å². The monoisotopic (exact) mass is 483 g/mol. The Hall–Kier alpha value is -2.28. The second-order valence-electron chi connectivity index (χ2n) is 11.5. The van der Waals surface area contributed by atoms with E-state index in [0.29, 0.717) is 28.3 Å². The van der Waals surface area contributed by atoms with Crippen molar-refractivity contribution in [2.24, 2.45) is 16.8 Å². The molecular formula is C27H41N5OS. The Bertz CT molecular complexity index is 976. The number of carbonyl (C=O) groups is 1. The molecule has 186 valence electrons. The third kappa shape index (κ3) is 6.04. The van der Waals surface area contributed by atoms with E-state index in [-0.39, 0.29) is 22.9 Å². The molecule has 2 aliphatic heterocycles. The van der Waals surface area contributed by atoms with E-state index in [0.717, 1.165) is 49.3 Å². The largest absolute Gasteiger partial charge is 0.368 e. The van der Waals surface area contributed by atoms with Crippen molar-refractivity contribution >= 4 is 28.7 Å². The predicted octanol–water partition coefficient (Wildman–Crippen LogP) is 5.83. The summed E-state index contributed by atoms with van der Waals surface area (Å²) >= 11 is 1.15. The summed E-state index contributed by atoms with van der Waals surface area (Å²) in [7, 11) is 0. The Morgan fingerprint density at radius 1 is 1.26 bits per heavy atom. The van der Waals surface area contributed by atoms with E-state index in [1.807, 2.05) is 12.1 Å². The number of aromatic nitrogens is 1. The molecule has 0 radical (unpaired) electrons. The molecule has 0 spiro atoms. The van der Waals surface area contributed by atoms with Gasteiger partial charge < -0.3 is 10.2 Å². The molecule has 3 rings (SSSR count). The van der Waals surface area contributed by atoms with Gasteiger partial charge in [-0.1, -0.05) is 47.8 Å². The van der Waals surface area contributed by atoms with Gasteiger partial charge in [0.15, 0.2) is 0 Å². The lowest BCUT2D eigenvalue weighted by Gasteiger charge is -2.34. The summed E-state index contributed by atoms with van der Waals surface area (Å²) in [6.45, 7) is 24.3. The summed E-state index contributed by atoms with van der Waals surface area (Å²) in [5.41, 5.74) is 1.37. The highest BCUT2D eigenvalue weighted by atomic mass is 32.2. The zero-order chi connectivity index (χ0) is 25.3. The van der Waals surface area contributed by atoms with Crippen LogP contribution in [0.4, 0.5) is 5.82 Å². The van der Waals surface area contributed by atoms with Crippen LogP contribution in [0.3, 0.4) is 0 Å². The first kappa shape index (κ1) is 26.3. The smallest absolute Gasteiger partial charge is 0.265 e. The SMILES string of the molecule is C=C/C1=N\C(=C)NC(C(C)C)CCC2CN(c3nc(C(C)(C)C)ccc3C(=O)NS1)C(C)(C)C2. The summed E-state index contributed by atoms with van der Waals surface area (Å²) in [6, 6.07) is 4.17. The average Bonchev–Trinajstić information content (AvgIpc) is 3.05. The maximum absolute atomic E-state index is 13.3. The van der Waals surface area contributed by atoms with Crippen LogP contribution < -0.4 is 14.9 Å². The molecular weight excluding hydrogens is 442 g/mol. The normalized spacial score (nSPS) is 25.4.